The zero-order chi connectivity index (χ0) is 16.8. The van der Waals surface area contributed by atoms with E-state index >= 15 is 0 Å². The van der Waals surface area contributed by atoms with Crippen molar-refractivity contribution in [1.82, 2.24) is 5.16 Å². The van der Waals surface area contributed by atoms with E-state index in [9.17, 15) is 9.59 Å². The first-order valence-electron chi connectivity index (χ1n) is 6.93. The zero-order valence-electron chi connectivity index (χ0n) is 13.0. The van der Waals surface area contributed by atoms with Crippen LogP contribution in [0.25, 0.3) is 0 Å². The van der Waals surface area contributed by atoms with E-state index in [1.165, 1.54) is 7.11 Å². The molecule has 0 radical (unpaired) electrons. The predicted molar refractivity (Wildman–Crippen MR) is 85.4 cm³/mol. The lowest BCUT2D eigenvalue weighted by atomic mass is 10.2. The number of carbonyl (C=O) groups is 2. The van der Waals surface area contributed by atoms with Gasteiger partial charge in [0.15, 0.2) is 5.82 Å². The average Bonchev–Trinajstić information content (AvgIpc) is 2.91. The third-order valence-electron chi connectivity index (χ3n) is 2.98. The Hall–Kier alpha value is -2.87. The number of aromatic nitrogens is 1. The molecule has 0 unspecified atom stereocenters. The lowest BCUT2D eigenvalue weighted by Crippen LogP contribution is -2.26. The van der Waals surface area contributed by atoms with Crippen molar-refractivity contribution >= 4 is 29.1 Å². The van der Waals surface area contributed by atoms with Crippen LogP contribution in [0.5, 0.6) is 0 Å². The number of benzene rings is 1. The van der Waals surface area contributed by atoms with Crippen LogP contribution in [0.2, 0.25) is 0 Å². The molecule has 122 valence electrons. The van der Waals surface area contributed by atoms with E-state index in [0.29, 0.717) is 23.0 Å². The summed E-state index contributed by atoms with van der Waals surface area (Å²) in [6.45, 7) is 3.37. The molecule has 0 aliphatic carbocycles. The van der Waals surface area contributed by atoms with E-state index in [1.54, 1.807) is 44.2 Å². The smallest absolute Gasteiger partial charge is 0.324 e. The number of nitrogens with one attached hydrogen (secondary N) is 3. The summed E-state index contributed by atoms with van der Waals surface area (Å²) < 4.78 is 9.80. The molecule has 0 aliphatic rings. The molecule has 0 saturated heterocycles. The first-order chi connectivity index (χ1) is 11.0. The van der Waals surface area contributed by atoms with E-state index in [4.69, 9.17) is 9.26 Å². The highest BCUT2D eigenvalue weighted by Crippen LogP contribution is 2.16. The maximum atomic E-state index is 11.9. The summed E-state index contributed by atoms with van der Waals surface area (Å²) in [7, 11) is 1.46. The normalized spacial score (nSPS) is 11.6. The second-order valence-corrected chi connectivity index (χ2v) is 4.85. The number of urea groups is 1. The van der Waals surface area contributed by atoms with Gasteiger partial charge in [-0.2, -0.15) is 0 Å². The maximum Gasteiger partial charge on any atom is 0.324 e. The molecule has 2 rings (SSSR count). The van der Waals surface area contributed by atoms with Crippen LogP contribution in [0.15, 0.2) is 34.9 Å². The third kappa shape index (κ3) is 4.82. The molecule has 23 heavy (non-hydrogen) atoms. The van der Waals surface area contributed by atoms with Gasteiger partial charge in [-0.1, -0.05) is 11.2 Å². The average molecular weight is 318 g/mol. The Kier molecular flexibility index (Phi) is 5.32. The second kappa shape index (κ2) is 7.41. The molecule has 1 atom stereocenters. The van der Waals surface area contributed by atoms with Crippen LogP contribution in [-0.2, 0) is 9.53 Å². The molecule has 0 fully saturated rings. The quantitative estimate of drug-likeness (QED) is 0.786. The summed E-state index contributed by atoms with van der Waals surface area (Å²) in [5, 5.41) is 11.5. The predicted octanol–water partition coefficient (Wildman–Crippen LogP) is 2.60. The molecule has 2 aromatic rings. The van der Waals surface area contributed by atoms with Crippen molar-refractivity contribution in [2.75, 3.05) is 23.1 Å². The summed E-state index contributed by atoms with van der Waals surface area (Å²) in [5.74, 6) is 0.642. The first kappa shape index (κ1) is 16.5. The lowest BCUT2D eigenvalue weighted by molar-refractivity contribution is -0.124. The Labute approximate surface area is 133 Å². The van der Waals surface area contributed by atoms with Gasteiger partial charge in [0, 0.05) is 24.6 Å². The number of carbonyl (C=O) groups excluding carboxylic acids is 2. The summed E-state index contributed by atoms with van der Waals surface area (Å²) in [6.07, 6.45) is -0.565. The fourth-order valence-corrected chi connectivity index (χ4v) is 1.73. The van der Waals surface area contributed by atoms with Gasteiger partial charge in [-0.15, -0.1) is 0 Å². The number of anilines is 3. The molecular formula is C15H18N4O4. The van der Waals surface area contributed by atoms with Gasteiger partial charge in [-0.05, 0) is 32.0 Å². The zero-order valence-corrected chi connectivity index (χ0v) is 13.0. The van der Waals surface area contributed by atoms with E-state index in [0.717, 1.165) is 0 Å². The molecule has 8 heteroatoms. The lowest BCUT2D eigenvalue weighted by Gasteiger charge is -2.11. The summed E-state index contributed by atoms with van der Waals surface area (Å²) in [4.78, 5) is 23.6. The van der Waals surface area contributed by atoms with Crippen LogP contribution in [-0.4, -0.2) is 30.3 Å². The van der Waals surface area contributed by atoms with Gasteiger partial charge >= 0.3 is 6.03 Å². The van der Waals surface area contributed by atoms with Crippen LogP contribution in [0.1, 0.15) is 12.7 Å². The Morgan fingerprint density at radius 2 is 1.87 bits per heavy atom. The highest BCUT2D eigenvalue weighted by atomic mass is 16.5. The summed E-state index contributed by atoms with van der Waals surface area (Å²) in [5.41, 5.74) is 1.07. The minimum absolute atomic E-state index is 0.271. The minimum Gasteiger partial charge on any atom is -0.372 e. The van der Waals surface area contributed by atoms with Crippen molar-refractivity contribution in [2.24, 2.45) is 0 Å². The third-order valence-corrected chi connectivity index (χ3v) is 2.98. The van der Waals surface area contributed by atoms with Gasteiger partial charge in [0.05, 0.1) is 0 Å². The van der Waals surface area contributed by atoms with Gasteiger partial charge in [-0.3, -0.25) is 10.1 Å². The Morgan fingerprint density at radius 3 is 2.48 bits per heavy atom. The standard InChI is InChI=1S/C15H18N4O4/c1-9-7-13(19-23-9)18-15(21)17-12-6-4-5-11(8-12)16-14(20)10(2)22-3/h4-8,10H,1-3H3,(H,16,20)(H2,17,18,19,21)/t10-/m1/s1. The van der Waals surface area contributed by atoms with Crippen LogP contribution < -0.4 is 16.0 Å². The molecule has 0 saturated carbocycles. The van der Waals surface area contributed by atoms with Gasteiger partial charge < -0.3 is 19.9 Å². The molecular weight excluding hydrogens is 300 g/mol. The van der Waals surface area contributed by atoms with E-state index in [1.807, 2.05) is 0 Å². The molecule has 1 heterocycles. The molecule has 3 N–H and O–H groups in total. The molecule has 0 spiro atoms. The molecule has 0 bridgehead atoms. The largest absolute Gasteiger partial charge is 0.372 e. The fraction of sp³-hybridized carbons (Fsp3) is 0.267. The first-order valence-corrected chi connectivity index (χ1v) is 6.93. The highest BCUT2D eigenvalue weighted by molar-refractivity contribution is 6.00. The van der Waals surface area contributed by atoms with Crippen LogP contribution in [0.4, 0.5) is 22.0 Å². The Balaban J connectivity index is 1.96. The number of rotatable bonds is 5. The minimum atomic E-state index is -0.565. The van der Waals surface area contributed by atoms with Gasteiger partial charge in [0.1, 0.15) is 11.9 Å². The number of hydrogen-bond donors (Lipinski definition) is 3. The van der Waals surface area contributed by atoms with Crippen molar-refractivity contribution in [1.29, 1.82) is 0 Å². The Bertz CT molecular complexity index is 698. The number of methoxy groups -OCH3 is 1. The topological polar surface area (TPSA) is 105 Å². The molecule has 1 aromatic carbocycles. The van der Waals surface area contributed by atoms with Crippen LogP contribution in [0, 0.1) is 6.92 Å². The van der Waals surface area contributed by atoms with Gasteiger partial charge in [-0.25, -0.2) is 4.79 Å². The number of aryl methyl sites for hydroxylation is 1. The van der Waals surface area contributed by atoms with Crippen molar-refractivity contribution in [2.45, 2.75) is 20.0 Å². The maximum absolute atomic E-state index is 11.9. The Morgan fingerprint density at radius 1 is 1.17 bits per heavy atom. The summed E-state index contributed by atoms with van der Waals surface area (Å²) >= 11 is 0. The van der Waals surface area contributed by atoms with Crippen molar-refractivity contribution in [3.63, 3.8) is 0 Å². The highest BCUT2D eigenvalue weighted by Gasteiger charge is 2.12. The van der Waals surface area contributed by atoms with Gasteiger partial charge in [0.25, 0.3) is 5.91 Å². The van der Waals surface area contributed by atoms with Crippen molar-refractivity contribution in [3.8, 4) is 0 Å². The van der Waals surface area contributed by atoms with E-state index in [-0.39, 0.29) is 5.91 Å². The van der Waals surface area contributed by atoms with E-state index < -0.39 is 12.1 Å². The monoisotopic (exact) mass is 318 g/mol. The van der Waals surface area contributed by atoms with Crippen LogP contribution in [0.3, 0.4) is 0 Å². The van der Waals surface area contributed by atoms with E-state index in [2.05, 4.69) is 21.1 Å². The number of ether oxygens (including phenoxy) is 1. The second-order valence-electron chi connectivity index (χ2n) is 4.85. The van der Waals surface area contributed by atoms with Crippen molar-refractivity contribution < 1.29 is 18.8 Å². The molecule has 8 nitrogen and oxygen atoms in total. The van der Waals surface area contributed by atoms with Gasteiger partial charge in [0.2, 0.25) is 0 Å². The fourth-order valence-electron chi connectivity index (χ4n) is 1.73. The number of hydrogen-bond acceptors (Lipinski definition) is 5. The summed E-state index contributed by atoms with van der Waals surface area (Å²) in [6, 6.07) is 7.89. The molecule has 1 aromatic heterocycles. The number of nitrogens with zero attached hydrogens (tertiary/aromatic N) is 1. The SMILES string of the molecule is CO[C@H](C)C(=O)Nc1cccc(NC(=O)Nc2cc(C)on2)c1. The van der Waals surface area contributed by atoms with Crippen molar-refractivity contribution in [3.05, 3.63) is 36.1 Å². The number of amides is 3. The molecule has 0 aliphatic heterocycles. The van der Waals surface area contributed by atoms with Crippen LogP contribution >= 0.6 is 0 Å². The molecule has 3 amide bonds.